The highest BCUT2D eigenvalue weighted by molar-refractivity contribution is 6.99. The molecule has 2 saturated carbocycles. The Kier molecular flexibility index (Phi) is 8.52. The largest absolute Gasteiger partial charge is 0.407 e. The van der Waals surface area contributed by atoms with Gasteiger partial charge in [-0.2, -0.15) is 0 Å². The van der Waals surface area contributed by atoms with Crippen LogP contribution in [0.25, 0.3) is 0 Å². The van der Waals surface area contributed by atoms with Crippen LogP contribution in [0.3, 0.4) is 0 Å². The molecule has 2 aliphatic carbocycles. The third-order valence-corrected chi connectivity index (χ3v) is 14.9. The number of rotatable bonds is 9. The molecule has 0 N–H and O–H groups in total. The van der Waals surface area contributed by atoms with Crippen LogP contribution in [-0.2, 0) is 25.4 Å². The van der Waals surface area contributed by atoms with Crippen molar-refractivity contribution in [3.8, 4) is 0 Å². The van der Waals surface area contributed by atoms with E-state index in [1.54, 1.807) is 6.92 Å². The Morgan fingerprint density at radius 3 is 1.93 bits per heavy atom. The van der Waals surface area contributed by atoms with Crippen LogP contribution in [0.2, 0.25) is 5.04 Å². The molecule has 3 aromatic carbocycles. The van der Waals surface area contributed by atoms with Crippen molar-refractivity contribution in [1.29, 1.82) is 0 Å². The first-order chi connectivity index (χ1) is 19.6. The average molecular weight is 569 g/mol. The first kappa shape index (κ1) is 29.6. The lowest BCUT2D eigenvalue weighted by Crippen LogP contribution is -2.67. The number of benzene rings is 3. The van der Waals surface area contributed by atoms with Gasteiger partial charge in [0.15, 0.2) is 0 Å². The molecule has 0 amide bonds. The van der Waals surface area contributed by atoms with Crippen molar-refractivity contribution in [1.82, 2.24) is 0 Å². The third kappa shape index (κ3) is 5.40. The lowest BCUT2D eigenvalue weighted by molar-refractivity contribution is -0.154. The molecule has 0 saturated heterocycles. The van der Waals surface area contributed by atoms with Gasteiger partial charge in [-0.1, -0.05) is 112 Å². The zero-order valence-electron chi connectivity index (χ0n) is 25.1. The minimum atomic E-state index is -2.78. The van der Waals surface area contributed by atoms with E-state index in [1.807, 2.05) is 42.5 Å². The minimum Gasteiger partial charge on any atom is -0.407 e. The second kappa shape index (κ2) is 11.8. The predicted molar refractivity (Wildman–Crippen MR) is 167 cm³/mol. The van der Waals surface area contributed by atoms with Crippen LogP contribution in [0, 0.1) is 23.2 Å². The Morgan fingerprint density at radius 2 is 1.41 bits per heavy atom. The molecule has 3 aromatic rings. The van der Waals surface area contributed by atoms with E-state index in [9.17, 15) is 9.59 Å². The van der Waals surface area contributed by atoms with E-state index in [0.717, 1.165) is 18.4 Å². The van der Waals surface area contributed by atoms with E-state index in [-0.39, 0.29) is 40.5 Å². The number of fused-ring (bicyclic) bond motifs is 1. The smallest absolute Gasteiger partial charge is 0.261 e. The van der Waals surface area contributed by atoms with Gasteiger partial charge < -0.3 is 9.16 Å². The topological polar surface area (TPSA) is 52.6 Å². The molecule has 0 spiro atoms. The van der Waals surface area contributed by atoms with Crippen LogP contribution in [-0.4, -0.2) is 32.6 Å². The van der Waals surface area contributed by atoms with E-state index in [4.69, 9.17) is 9.16 Å². The van der Waals surface area contributed by atoms with Gasteiger partial charge in [0.25, 0.3) is 8.32 Å². The highest BCUT2D eigenvalue weighted by Gasteiger charge is 2.61. The molecule has 0 unspecified atom stereocenters. The Hall–Kier alpha value is -2.86. The SMILES string of the molecule is CC(=O)[C@@H]1[C@H](CO[Si](c2ccccc2)(c2ccccc2)C(C)(C)C)CC(=O)[C@]2(C)[C@H](OCc3ccccc3)CC[C@@H]12. The van der Waals surface area contributed by atoms with Crippen molar-refractivity contribution in [2.24, 2.45) is 23.2 Å². The number of carbonyl (C=O) groups is 2. The van der Waals surface area contributed by atoms with E-state index >= 15 is 0 Å². The maximum Gasteiger partial charge on any atom is 0.261 e. The molecular weight excluding hydrogens is 524 g/mol. The van der Waals surface area contributed by atoms with Crippen molar-refractivity contribution in [3.05, 3.63) is 96.6 Å². The first-order valence-corrected chi connectivity index (χ1v) is 16.9. The summed E-state index contributed by atoms with van der Waals surface area (Å²) in [6.45, 7) is 11.4. The summed E-state index contributed by atoms with van der Waals surface area (Å²) in [6, 6.07) is 31.2. The predicted octanol–water partition coefficient (Wildman–Crippen LogP) is 6.36. The summed E-state index contributed by atoms with van der Waals surface area (Å²) in [5, 5.41) is 2.25. The maximum atomic E-state index is 14.0. The van der Waals surface area contributed by atoms with Crippen LogP contribution in [0.15, 0.2) is 91.0 Å². The van der Waals surface area contributed by atoms with Crippen LogP contribution in [0.1, 0.15) is 59.4 Å². The van der Waals surface area contributed by atoms with Crippen LogP contribution < -0.4 is 10.4 Å². The van der Waals surface area contributed by atoms with Crippen molar-refractivity contribution in [3.63, 3.8) is 0 Å². The number of Topliss-reactive ketones (excluding diaryl/α,β-unsaturated/α-hetero) is 2. The van der Waals surface area contributed by atoms with Gasteiger partial charge in [0.1, 0.15) is 11.6 Å². The van der Waals surface area contributed by atoms with Crippen molar-refractivity contribution in [2.75, 3.05) is 6.61 Å². The lowest BCUT2D eigenvalue weighted by Gasteiger charge is -2.48. The molecule has 4 nitrogen and oxygen atoms in total. The van der Waals surface area contributed by atoms with Gasteiger partial charge in [0, 0.05) is 18.9 Å². The summed E-state index contributed by atoms with van der Waals surface area (Å²) >= 11 is 0. The van der Waals surface area contributed by atoms with Crippen LogP contribution >= 0.6 is 0 Å². The summed E-state index contributed by atoms with van der Waals surface area (Å²) in [4.78, 5) is 27.4. The quantitative estimate of drug-likeness (QED) is 0.282. The summed E-state index contributed by atoms with van der Waals surface area (Å²) < 4.78 is 13.7. The molecule has 216 valence electrons. The Balaban J connectivity index is 1.44. The second-order valence-corrected chi connectivity index (χ2v) is 17.6. The number of hydrogen-bond donors (Lipinski definition) is 0. The Morgan fingerprint density at radius 1 is 0.878 bits per heavy atom. The molecule has 5 heteroatoms. The standard InChI is InChI=1S/C36H44O4Si/c1-26(37)34-28(23-32(38)36(5)31(34)21-22-33(36)39-24-27-15-9-6-10-16-27)25-40-41(35(2,3)4,29-17-11-7-12-18-29)30-19-13-8-14-20-30/h6-20,28,31,33-34H,21-25H2,1-5H3/t28-,31-,33+,34+,36+/m0/s1. The summed E-state index contributed by atoms with van der Waals surface area (Å²) in [7, 11) is -2.78. The number of hydrogen-bond acceptors (Lipinski definition) is 4. The molecule has 2 fully saturated rings. The fourth-order valence-electron chi connectivity index (χ4n) is 7.82. The molecule has 2 aliphatic rings. The molecule has 5 atom stereocenters. The average Bonchev–Trinajstić information content (AvgIpc) is 3.30. The van der Waals surface area contributed by atoms with Gasteiger partial charge in [-0.25, -0.2) is 0 Å². The molecule has 0 radical (unpaired) electrons. The first-order valence-electron chi connectivity index (χ1n) is 15.0. The van der Waals surface area contributed by atoms with Crippen molar-refractivity contribution in [2.45, 2.75) is 71.6 Å². The third-order valence-electron chi connectivity index (χ3n) is 9.86. The molecule has 41 heavy (non-hydrogen) atoms. The molecule has 5 rings (SSSR count). The summed E-state index contributed by atoms with van der Waals surface area (Å²) in [5.74, 6) is -0.0243. The monoisotopic (exact) mass is 568 g/mol. The number of ether oxygens (including phenoxy) is 1. The second-order valence-electron chi connectivity index (χ2n) is 13.2. The lowest BCUT2D eigenvalue weighted by atomic mass is 9.58. The fraction of sp³-hybridized carbons (Fsp3) is 0.444. The highest BCUT2D eigenvalue weighted by atomic mass is 28.4. The Bertz CT molecular complexity index is 1290. The summed E-state index contributed by atoms with van der Waals surface area (Å²) in [5.41, 5.74) is 0.446. The van der Waals surface area contributed by atoms with E-state index in [1.165, 1.54) is 10.4 Å². The Labute approximate surface area is 246 Å². The zero-order valence-corrected chi connectivity index (χ0v) is 26.1. The van der Waals surface area contributed by atoms with Gasteiger partial charge in [-0.3, -0.25) is 9.59 Å². The fourth-order valence-corrected chi connectivity index (χ4v) is 12.4. The van der Waals surface area contributed by atoms with Crippen LogP contribution in [0.5, 0.6) is 0 Å². The van der Waals surface area contributed by atoms with E-state index in [0.29, 0.717) is 19.6 Å². The van der Waals surface area contributed by atoms with Gasteiger partial charge >= 0.3 is 0 Å². The van der Waals surface area contributed by atoms with Gasteiger partial charge in [-0.05, 0) is 59.5 Å². The minimum absolute atomic E-state index is 0.0326. The highest BCUT2D eigenvalue weighted by Crippen LogP contribution is 2.56. The molecular formula is C36H44O4Si. The zero-order chi connectivity index (χ0) is 29.3. The van der Waals surface area contributed by atoms with Crippen LogP contribution in [0.4, 0.5) is 0 Å². The van der Waals surface area contributed by atoms with Gasteiger partial charge in [-0.15, -0.1) is 0 Å². The molecule has 0 heterocycles. The maximum absolute atomic E-state index is 14.0. The molecule has 0 bridgehead atoms. The normalized spacial score (nSPS) is 26.5. The van der Waals surface area contributed by atoms with Crippen molar-refractivity contribution >= 4 is 30.3 Å². The van der Waals surface area contributed by atoms with E-state index in [2.05, 4.69) is 76.2 Å². The van der Waals surface area contributed by atoms with E-state index < -0.39 is 13.7 Å². The van der Waals surface area contributed by atoms with Gasteiger partial charge in [0.2, 0.25) is 0 Å². The summed E-state index contributed by atoms with van der Waals surface area (Å²) in [6.07, 6.45) is 1.79. The van der Waals surface area contributed by atoms with Gasteiger partial charge in [0.05, 0.1) is 18.1 Å². The molecule has 0 aromatic heterocycles. The number of carbonyl (C=O) groups excluding carboxylic acids is 2. The number of ketones is 2. The van der Waals surface area contributed by atoms with Crippen molar-refractivity contribution < 1.29 is 18.8 Å². The molecule has 0 aliphatic heterocycles.